The van der Waals surface area contributed by atoms with Gasteiger partial charge in [-0.2, -0.15) is 0 Å². The van der Waals surface area contributed by atoms with Gasteiger partial charge >= 0.3 is 0 Å². The first-order valence-electron chi connectivity index (χ1n) is 5.70. The lowest BCUT2D eigenvalue weighted by Gasteiger charge is -2.11. The largest absolute Gasteiger partial charge is 0.453 e. The molecule has 0 radical (unpaired) electrons. The number of carbonyl (C=O) groups is 1. The van der Waals surface area contributed by atoms with Crippen molar-refractivity contribution in [3.8, 4) is 11.3 Å². The Morgan fingerprint density at radius 3 is 2.32 bits per heavy atom. The van der Waals surface area contributed by atoms with Crippen molar-refractivity contribution < 1.29 is 17.6 Å². The predicted molar refractivity (Wildman–Crippen MR) is 72.1 cm³/mol. The van der Waals surface area contributed by atoms with Crippen molar-refractivity contribution in [1.82, 2.24) is 0 Å². The lowest BCUT2D eigenvalue weighted by molar-refractivity contribution is 0.110. The van der Waals surface area contributed by atoms with Gasteiger partial charge in [0.15, 0.2) is 21.9 Å². The van der Waals surface area contributed by atoms with Crippen molar-refractivity contribution in [2.45, 2.75) is 18.7 Å². The summed E-state index contributed by atoms with van der Waals surface area (Å²) in [6.45, 7) is 3.61. The summed E-state index contributed by atoms with van der Waals surface area (Å²) in [5.41, 5.74) is 2.25. The second-order valence-electron chi connectivity index (χ2n) is 4.47. The van der Waals surface area contributed by atoms with Crippen molar-refractivity contribution in [3.05, 3.63) is 41.2 Å². The van der Waals surface area contributed by atoms with Crippen LogP contribution >= 0.6 is 0 Å². The van der Waals surface area contributed by atoms with Crippen LogP contribution in [0, 0.1) is 13.8 Å². The fourth-order valence-corrected chi connectivity index (χ4v) is 3.13. The van der Waals surface area contributed by atoms with Gasteiger partial charge in [0.2, 0.25) is 0 Å². The fraction of sp³-hybridized carbons (Fsp3) is 0.214. The Labute approximate surface area is 112 Å². The summed E-state index contributed by atoms with van der Waals surface area (Å²) in [7, 11) is -3.29. The minimum atomic E-state index is -3.29. The summed E-state index contributed by atoms with van der Waals surface area (Å²) >= 11 is 0. The number of rotatable bonds is 3. The second-order valence-corrected chi connectivity index (χ2v) is 6.46. The SMILES string of the molecule is Cc1ccc(S(C)(=O)=O)c(C)c1-c1ccc(C=O)o1. The molecule has 1 aromatic carbocycles. The summed E-state index contributed by atoms with van der Waals surface area (Å²) in [5.74, 6) is 0.723. The highest BCUT2D eigenvalue weighted by atomic mass is 32.2. The first kappa shape index (κ1) is 13.5. The van der Waals surface area contributed by atoms with E-state index >= 15 is 0 Å². The van der Waals surface area contributed by atoms with E-state index in [0.717, 1.165) is 11.1 Å². The maximum atomic E-state index is 11.7. The Balaban J connectivity index is 2.72. The van der Waals surface area contributed by atoms with E-state index in [2.05, 4.69) is 0 Å². The molecule has 4 nitrogen and oxygen atoms in total. The molecule has 19 heavy (non-hydrogen) atoms. The van der Waals surface area contributed by atoms with Gasteiger partial charge in [-0.05, 0) is 43.2 Å². The molecule has 0 fully saturated rings. The zero-order valence-corrected chi connectivity index (χ0v) is 11.7. The summed E-state index contributed by atoms with van der Waals surface area (Å²) in [5, 5.41) is 0. The topological polar surface area (TPSA) is 64.3 Å². The highest BCUT2D eigenvalue weighted by Gasteiger charge is 2.18. The van der Waals surface area contributed by atoms with Crippen LogP contribution in [0.15, 0.2) is 33.6 Å². The first-order valence-corrected chi connectivity index (χ1v) is 7.59. The van der Waals surface area contributed by atoms with E-state index in [1.165, 1.54) is 6.26 Å². The van der Waals surface area contributed by atoms with Crippen LogP contribution in [0.3, 0.4) is 0 Å². The Morgan fingerprint density at radius 2 is 1.79 bits per heavy atom. The maximum absolute atomic E-state index is 11.7. The summed E-state index contributed by atoms with van der Waals surface area (Å²) < 4.78 is 28.8. The van der Waals surface area contributed by atoms with Gasteiger partial charge in [0.1, 0.15) is 5.76 Å². The molecule has 1 aromatic heterocycles. The molecule has 0 aliphatic carbocycles. The lowest BCUT2D eigenvalue weighted by Crippen LogP contribution is -2.02. The minimum Gasteiger partial charge on any atom is -0.453 e. The molecule has 0 amide bonds. The lowest BCUT2D eigenvalue weighted by atomic mass is 10.0. The van der Waals surface area contributed by atoms with Crippen molar-refractivity contribution in [1.29, 1.82) is 0 Å². The smallest absolute Gasteiger partial charge is 0.185 e. The van der Waals surface area contributed by atoms with Gasteiger partial charge < -0.3 is 4.42 Å². The molecule has 100 valence electrons. The quantitative estimate of drug-likeness (QED) is 0.810. The third-order valence-corrected chi connectivity index (χ3v) is 4.25. The first-order chi connectivity index (χ1) is 8.84. The Kier molecular flexibility index (Phi) is 3.32. The number of aldehydes is 1. The van der Waals surface area contributed by atoms with E-state index in [9.17, 15) is 13.2 Å². The third kappa shape index (κ3) is 2.46. The number of carbonyl (C=O) groups excluding carboxylic acids is 1. The predicted octanol–water partition coefficient (Wildman–Crippen LogP) is 2.78. The molecule has 0 N–H and O–H groups in total. The standard InChI is InChI=1S/C14H14O4S/c1-9-4-7-13(19(3,16)17)10(2)14(9)12-6-5-11(8-15)18-12/h4-8H,1-3H3. The van der Waals surface area contributed by atoms with E-state index in [0.29, 0.717) is 17.6 Å². The summed E-state index contributed by atoms with van der Waals surface area (Å²) in [4.78, 5) is 10.9. The van der Waals surface area contributed by atoms with Gasteiger partial charge in [0, 0.05) is 11.8 Å². The van der Waals surface area contributed by atoms with Crippen LogP contribution in [0.4, 0.5) is 0 Å². The molecule has 2 aromatic rings. The molecule has 0 spiro atoms. The third-order valence-electron chi connectivity index (χ3n) is 3.01. The number of hydrogen-bond acceptors (Lipinski definition) is 4. The Bertz CT molecular complexity index is 739. The molecule has 0 atom stereocenters. The molecule has 0 saturated carbocycles. The highest BCUT2D eigenvalue weighted by molar-refractivity contribution is 7.90. The number of aryl methyl sites for hydroxylation is 1. The highest BCUT2D eigenvalue weighted by Crippen LogP contribution is 2.32. The molecule has 0 aliphatic heterocycles. The normalized spacial score (nSPS) is 11.5. The molecule has 0 aliphatic rings. The van der Waals surface area contributed by atoms with Crippen LogP contribution in [-0.2, 0) is 9.84 Å². The number of furan rings is 1. The zero-order valence-electron chi connectivity index (χ0n) is 10.9. The van der Waals surface area contributed by atoms with Gasteiger partial charge in [0.25, 0.3) is 0 Å². The zero-order chi connectivity index (χ0) is 14.2. The number of hydrogen-bond donors (Lipinski definition) is 0. The van der Waals surface area contributed by atoms with Crippen LogP contribution < -0.4 is 0 Å². The average molecular weight is 278 g/mol. The van der Waals surface area contributed by atoms with Gasteiger partial charge in [-0.25, -0.2) is 8.42 Å². The molecule has 0 unspecified atom stereocenters. The van der Waals surface area contributed by atoms with Gasteiger partial charge in [-0.3, -0.25) is 4.79 Å². The van der Waals surface area contributed by atoms with Crippen molar-refractivity contribution in [3.63, 3.8) is 0 Å². The monoisotopic (exact) mass is 278 g/mol. The molecule has 1 heterocycles. The van der Waals surface area contributed by atoms with Crippen LogP contribution in [0.2, 0.25) is 0 Å². The van der Waals surface area contributed by atoms with E-state index in [1.54, 1.807) is 31.2 Å². The van der Waals surface area contributed by atoms with Crippen LogP contribution in [0.1, 0.15) is 21.7 Å². The Morgan fingerprint density at radius 1 is 1.11 bits per heavy atom. The molecular weight excluding hydrogens is 264 g/mol. The average Bonchev–Trinajstić information content (AvgIpc) is 2.75. The molecule has 0 saturated heterocycles. The van der Waals surface area contributed by atoms with E-state index in [-0.39, 0.29) is 10.7 Å². The fourth-order valence-electron chi connectivity index (χ4n) is 2.16. The molecule has 2 rings (SSSR count). The van der Waals surface area contributed by atoms with Crippen LogP contribution in [0.25, 0.3) is 11.3 Å². The van der Waals surface area contributed by atoms with E-state index < -0.39 is 9.84 Å². The number of benzene rings is 1. The van der Waals surface area contributed by atoms with Crippen molar-refractivity contribution in [2.75, 3.05) is 6.26 Å². The minimum absolute atomic E-state index is 0.221. The molecule has 0 bridgehead atoms. The Hall–Kier alpha value is -1.88. The van der Waals surface area contributed by atoms with E-state index in [1.807, 2.05) is 6.92 Å². The summed E-state index contributed by atoms with van der Waals surface area (Å²) in [6.07, 6.45) is 1.79. The number of sulfone groups is 1. The van der Waals surface area contributed by atoms with Gasteiger partial charge in [-0.1, -0.05) is 6.07 Å². The molecule has 5 heteroatoms. The maximum Gasteiger partial charge on any atom is 0.185 e. The van der Waals surface area contributed by atoms with Crippen molar-refractivity contribution in [2.24, 2.45) is 0 Å². The van der Waals surface area contributed by atoms with E-state index in [4.69, 9.17) is 4.42 Å². The summed E-state index contributed by atoms with van der Waals surface area (Å²) in [6, 6.07) is 6.56. The van der Waals surface area contributed by atoms with Crippen molar-refractivity contribution >= 4 is 16.1 Å². The van der Waals surface area contributed by atoms with Crippen LogP contribution in [-0.4, -0.2) is 21.0 Å². The van der Waals surface area contributed by atoms with Gasteiger partial charge in [0.05, 0.1) is 4.90 Å². The molecular formula is C14H14O4S. The van der Waals surface area contributed by atoms with Gasteiger partial charge in [-0.15, -0.1) is 0 Å². The second kappa shape index (κ2) is 4.66. The van der Waals surface area contributed by atoms with Crippen LogP contribution in [0.5, 0.6) is 0 Å².